The van der Waals surface area contributed by atoms with Gasteiger partial charge in [0, 0.05) is 6.07 Å². The fourth-order valence-corrected chi connectivity index (χ4v) is 2.43. The molecule has 0 unspecified atom stereocenters. The number of benzene rings is 1. The van der Waals surface area contributed by atoms with Gasteiger partial charge in [0.2, 0.25) is 0 Å². The summed E-state index contributed by atoms with van der Waals surface area (Å²) in [6, 6.07) is 5.19. The van der Waals surface area contributed by atoms with E-state index in [0.717, 1.165) is 18.2 Å². The van der Waals surface area contributed by atoms with E-state index in [-0.39, 0.29) is 11.6 Å². The maximum atomic E-state index is 12.7. The Morgan fingerprint density at radius 1 is 1.20 bits per heavy atom. The third-order valence-corrected chi connectivity index (χ3v) is 3.64. The number of nitrogens with one attached hydrogen (secondary N) is 2. The van der Waals surface area contributed by atoms with Crippen LogP contribution in [0.3, 0.4) is 0 Å². The minimum Gasteiger partial charge on any atom is -0.344 e. The Balaban J connectivity index is 2.26. The predicted molar refractivity (Wildman–Crippen MR) is 86.1 cm³/mol. The van der Waals surface area contributed by atoms with Gasteiger partial charge in [-0.1, -0.05) is 26.0 Å². The van der Waals surface area contributed by atoms with Crippen LogP contribution in [-0.2, 0) is 6.18 Å². The summed E-state index contributed by atoms with van der Waals surface area (Å²) in [5, 5.41) is 2.73. The summed E-state index contributed by atoms with van der Waals surface area (Å²) in [4.78, 5) is 30.2. The number of aromatic amines is 1. The number of hydrogen-bond acceptors (Lipinski definition) is 3. The van der Waals surface area contributed by atoms with Gasteiger partial charge < -0.3 is 10.3 Å². The average Bonchev–Trinajstić information content (AvgIpc) is 2.50. The van der Waals surface area contributed by atoms with Crippen LogP contribution in [0.1, 0.15) is 47.3 Å². The number of alkyl halides is 3. The zero-order valence-corrected chi connectivity index (χ0v) is 13.9. The highest BCUT2D eigenvalue weighted by atomic mass is 19.4. The highest BCUT2D eigenvalue weighted by Gasteiger charge is 2.30. The van der Waals surface area contributed by atoms with E-state index in [2.05, 4.69) is 15.3 Å². The van der Waals surface area contributed by atoms with Crippen molar-refractivity contribution < 1.29 is 18.0 Å². The first-order valence-corrected chi connectivity index (χ1v) is 7.64. The average molecular weight is 353 g/mol. The fourth-order valence-electron chi connectivity index (χ4n) is 2.43. The molecule has 8 heteroatoms. The minimum atomic E-state index is -4.42. The van der Waals surface area contributed by atoms with E-state index in [0.29, 0.717) is 11.4 Å². The monoisotopic (exact) mass is 353 g/mol. The lowest BCUT2D eigenvalue weighted by Gasteiger charge is -2.23. The molecule has 0 saturated carbocycles. The number of rotatable bonds is 4. The van der Waals surface area contributed by atoms with E-state index in [4.69, 9.17) is 0 Å². The first kappa shape index (κ1) is 18.7. The summed E-state index contributed by atoms with van der Waals surface area (Å²) < 4.78 is 38.0. The number of amides is 1. The number of carbonyl (C=O) groups is 1. The van der Waals surface area contributed by atoms with Gasteiger partial charge in [-0.05, 0) is 30.5 Å². The lowest BCUT2D eigenvalue weighted by atomic mass is 9.95. The van der Waals surface area contributed by atoms with Gasteiger partial charge in [0.25, 0.3) is 11.5 Å². The van der Waals surface area contributed by atoms with Crippen LogP contribution >= 0.6 is 0 Å². The number of aryl methyl sites for hydroxylation is 1. The topological polar surface area (TPSA) is 74.8 Å². The smallest absolute Gasteiger partial charge is 0.344 e. The van der Waals surface area contributed by atoms with E-state index < -0.39 is 29.2 Å². The second kappa shape index (κ2) is 7.08. The SMILES string of the molecule is Cc1nc(C(=O)N[C@@H](c2ccc(C(F)(F)F)cc2)C(C)C)cc(=O)[nH]1. The number of aromatic nitrogens is 2. The highest BCUT2D eigenvalue weighted by molar-refractivity contribution is 5.92. The van der Waals surface area contributed by atoms with Gasteiger partial charge in [-0.2, -0.15) is 13.2 Å². The van der Waals surface area contributed by atoms with Crippen molar-refractivity contribution in [1.82, 2.24) is 15.3 Å². The summed E-state index contributed by atoms with van der Waals surface area (Å²) in [6.07, 6.45) is -4.42. The number of halogens is 3. The lowest BCUT2D eigenvalue weighted by Crippen LogP contribution is -2.33. The van der Waals surface area contributed by atoms with Crippen LogP contribution in [0.25, 0.3) is 0 Å². The Bertz CT molecular complexity index is 811. The molecule has 2 aromatic rings. The molecule has 0 saturated heterocycles. The van der Waals surface area contributed by atoms with Gasteiger partial charge in [0.05, 0.1) is 11.6 Å². The van der Waals surface area contributed by atoms with E-state index in [1.807, 2.05) is 13.8 Å². The van der Waals surface area contributed by atoms with Crippen molar-refractivity contribution in [3.63, 3.8) is 0 Å². The van der Waals surface area contributed by atoms with Crippen LogP contribution in [0, 0.1) is 12.8 Å². The zero-order valence-electron chi connectivity index (χ0n) is 13.9. The van der Waals surface area contributed by atoms with Crippen LogP contribution < -0.4 is 10.9 Å². The normalized spacial score (nSPS) is 12.9. The molecule has 0 radical (unpaired) electrons. The van der Waals surface area contributed by atoms with Crippen molar-refractivity contribution in [1.29, 1.82) is 0 Å². The summed E-state index contributed by atoms with van der Waals surface area (Å²) in [7, 11) is 0. The highest BCUT2D eigenvalue weighted by Crippen LogP contribution is 2.31. The lowest BCUT2D eigenvalue weighted by molar-refractivity contribution is -0.137. The Kier molecular flexibility index (Phi) is 5.30. The number of hydrogen-bond donors (Lipinski definition) is 2. The molecule has 1 aromatic heterocycles. The van der Waals surface area contributed by atoms with Crippen molar-refractivity contribution >= 4 is 5.91 Å². The quantitative estimate of drug-likeness (QED) is 0.886. The minimum absolute atomic E-state index is 0.0428. The Hall–Kier alpha value is -2.64. The second-order valence-corrected chi connectivity index (χ2v) is 6.03. The Morgan fingerprint density at radius 3 is 2.28 bits per heavy atom. The summed E-state index contributed by atoms with van der Waals surface area (Å²) in [5.74, 6) is -0.343. The molecule has 2 N–H and O–H groups in total. The van der Waals surface area contributed by atoms with E-state index in [1.54, 1.807) is 6.92 Å². The van der Waals surface area contributed by atoms with Gasteiger partial charge in [0.1, 0.15) is 11.5 Å². The van der Waals surface area contributed by atoms with Gasteiger partial charge >= 0.3 is 6.18 Å². The molecule has 1 amide bonds. The summed E-state index contributed by atoms with van der Waals surface area (Å²) in [5.41, 5.74) is -0.707. The fraction of sp³-hybridized carbons (Fsp3) is 0.353. The van der Waals surface area contributed by atoms with Gasteiger partial charge in [-0.3, -0.25) is 9.59 Å². The molecule has 0 aliphatic rings. The predicted octanol–water partition coefficient (Wildman–Crippen LogP) is 3.22. The summed E-state index contributed by atoms with van der Waals surface area (Å²) >= 11 is 0. The van der Waals surface area contributed by atoms with Crippen molar-refractivity contribution in [2.75, 3.05) is 0 Å². The van der Waals surface area contributed by atoms with Crippen LogP contribution in [0.15, 0.2) is 35.1 Å². The molecule has 5 nitrogen and oxygen atoms in total. The zero-order chi connectivity index (χ0) is 18.8. The molecule has 134 valence electrons. The van der Waals surface area contributed by atoms with E-state index >= 15 is 0 Å². The van der Waals surface area contributed by atoms with Crippen LogP contribution in [0.4, 0.5) is 13.2 Å². The van der Waals surface area contributed by atoms with Crippen LogP contribution in [0.2, 0.25) is 0 Å². The van der Waals surface area contributed by atoms with Crippen molar-refractivity contribution in [3.8, 4) is 0 Å². The molecule has 2 rings (SSSR count). The molecule has 0 aliphatic carbocycles. The van der Waals surface area contributed by atoms with Crippen molar-refractivity contribution in [2.45, 2.75) is 33.0 Å². The van der Waals surface area contributed by atoms with E-state index in [1.165, 1.54) is 12.1 Å². The molecule has 0 fully saturated rings. The maximum Gasteiger partial charge on any atom is 0.416 e. The second-order valence-electron chi connectivity index (χ2n) is 6.03. The molecule has 0 spiro atoms. The third kappa shape index (κ3) is 4.68. The molecule has 1 atom stereocenters. The number of nitrogens with zero attached hydrogens (tertiary/aromatic N) is 1. The first-order chi connectivity index (χ1) is 11.6. The Morgan fingerprint density at radius 2 is 1.80 bits per heavy atom. The molecule has 1 aromatic carbocycles. The van der Waals surface area contributed by atoms with Gasteiger partial charge in [-0.25, -0.2) is 4.98 Å². The van der Waals surface area contributed by atoms with Gasteiger partial charge in [0.15, 0.2) is 0 Å². The van der Waals surface area contributed by atoms with Crippen molar-refractivity contribution in [3.05, 3.63) is 63.3 Å². The number of carbonyl (C=O) groups excluding carboxylic acids is 1. The first-order valence-electron chi connectivity index (χ1n) is 7.64. The molecule has 0 bridgehead atoms. The largest absolute Gasteiger partial charge is 0.416 e. The molecular formula is C17H18F3N3O2. The van der Waals surface area contributed by atoms with Crippen LogP contribution in [-0.4, -0.2) is 15.9 Å². The van der Waals surface area contributed by atoms with Crippen molar-refractivity contribution in [2.24, 2.45) is 5.92 Å². The molecule has 0 aliphatic heterocycles. The maximum absolute atomic E-state index is 12.7. The summed E-state index contributed by atoms with van der Waals surface area (Å²) in [6.45, 7) is 5.21. The molecule has 25 heavy (non-hydrogen) atoms. The molecule has 1 heterocycles. The van der Waals surface area contributed by atoms with E-state index in [9.17, 15) is 22.8 Å². The molecular weight excluding hydrogens is 335 g/mol. The third-order valence-electron chi connectivity index (χ3n) is 3.64. The van der Waals surface area contributed by atoms with Gasteiger partial charge in [-0.15, -0.1) is 0 Å². The Labute approximate surface area is 142 Å². The van der Waals surface area contributed by atoms with Crippen LogP contribution in [0.5, 0.6) is 0 Å². The number of H-pyrrole nitrogens is 1. The standard InChI is InChI=1S/C17H18F3N3O2/c1-9(2)15(11-4-6-12(7-5-11)17(18,19)20)23-16(25)13-8-14(24)22-10(3)21-13/h4-9,15H,1-3H3,(H,23,25)(H,21,22,24)/t15-/m1/s1.